The number of carbonyl (C=O) groups is 1. The number of hydrogen-bond acceptors (Lipinski definition) is 6. The first-order chi connectivity index (χ1) is 9.50. The second-order valence-corrected chi connectivity index (χ2v) is 4.05. The summed E-state index contributed by atoms with van der Waals surface area (Å²) in [5.74, 6) is -4.39. The molecule has 6 heteroatoms. The Kier molecular flexibility index (Phi) is 3.65. The smallest absolute Gasteiger partial charge is 0.342 e. The Morgan fingerprint density at radius 1 is 0.950 bits per heavy atom. The van der Waals surface area contributed by atoms with Crippen LogP contribution in [0.15, 0.2) is 36.4 Å². The van der Waals surface area contributed by atoms with Crippen molar-refractivity contribution in [2.75, 3.05) is 0 Å². The van der Waals surface area contributed by atoms with E-state index in [1.165, 1.54) is 0 Å². The first-order valence-electron chi connectivity index (χ1n) is 5.68. The van der Waals surface area contributed by atoms with Gasteiger partial charge in [0.05, 0.1) is 0 Å². The van der Waals surface area contributed by atoms with E-state index in [4.69, 9.17) is 4.74 Å². The lowest BCUT2D eigenvalue weighted by molar-refractivity contribution is 0.0468. The zero-order valence-electron chi connectivity index (χ0n) is 10.3. The highest BCUT2D eigenvalue weighted by atomic mass is 16.5. The van der Waals surface area contributed by atoms with Crippen molar-refractivity contribution in [1.82, 2.24) is 0 Å². The van der Waals surface area contributed by atoms with Gasteiger partial charge in [-0.15, -0.1) is 0 Å². The summed E-state index contributed by atoms with van der Waals surface area (Å²) in [5.41, 5.74) is 0.307. The molecule has 104 valence electrons. The van der Waals surface area contributed by atoms with Crippen LogP contribution in [0.2, 0.25) is 0 Å². The number of carbonyl (C=O) groups excluding carboxylic acids is 1. The summed E-state index contributed by atoms with van der Waals surface area (Å²) in [7, 11) is 0. The molecule has 0 fully saturated rings. The SMILES string of the molecule is O=C(OCc1ccccc1)c1cc(O)c(O)c(O)c1O. The molecule has 0 saturated carbocycles. The van der Waals surface area contributed by atoms with E-state index in [-0.39, 0.29) is 6.61 Å². The molecule has 0 amide bonds. The number of esters is 1. The third-order valence-electron chi connectivity index (χ3n) is 2.66. The first kappa shape index (κ1) is 13.5. The van der Waals surface area contributed by atoms with Gasteiger partial charge >= 0.3 is 5.97 Å². The van der Waals surface area contributed by atoms with Crippen molar-refractivity contribution in [1.29, 1.82) is 0 Å². The molecule has 0 unspecified atom stereocenters. The van der Waals surface area contributed by atoms with Crippen molar-refractivity contribution < 1.29 is 30.0 Å². The molecule has 0 saturated heterocycles. The number of phenols is 4. The van der Waals surface area contributed by atoms with Gasteiger partial charge < -0.3 is 25.2 Å². The molecule has 20 heavy (non-hydrogen) atoms. The summed E-state index contributed by atoms with van der Waals surface area (Å²) < 4.78 is 4.94. The summed E-state index contributed by atoms with van der Waals surface area (Å²) in [6.45, 7) is -0.0263. The molecule has 0 bridgehead atoms. The lowest BCUT2D eigenvalue weighted by Gasteiger charge is -2.09. The Hall–Kier alpha value is -2.89. The van der Waals surface area contributed by atoms with E-state index in [1.807, 2.05) is 6.07 Å². The molecule has 0 aliphatic carbocycles. The van der Waals surface area contributed by atoms with Gasteiger partial charge in [0, 0.05) is 6.07 Å². The zero-order chi connectivity index (χ0) is 14.7. The average Bonchev–Trinajstić information content (AvgIpc) is 2.47. The second-order valence-electron chi connectivity index (χ2n) is 4.05. The van der Waals surface area contributed by atoms with Gasteiger partial charge in [-0.05, 0) is 5.56 Å². The van der Waals surface area contributed by atoms with Crippen molar-refractivity contribution in [2.45, 2.75) is 6.61 Å². The van der Waals surface area contributed by atoms with Crippen molar-refractivity contribution in [3.05, 3.63) is 47.5 Å². The second kappa shape index (κ2) is 5.40. The minimum Gasteiger partial charge on any atom is -0.504 e. The standard InChI is InChI=1S/C14H12O6/c15-10-6-9(11(16)13(18)12(10)17)14(19)20-7-8-4-2-1-3-5-8/h1-6,15-18H,7H2. The van der Waals surface area contributed by atoms with Crippen LogP contribution < -0.4 is 0 Å². The van der Waals surface area contributed by atoms with Crippen LogP contribution in [0, 0.1) is 0 Å². The Morgan fingerprint density at radius 3 is 2.25 bits per heavy atom. The molecule has 2 rings (SSSR count). The van der Waals surface area contributed by atoms with E-state index in [0.29, 0.717) is 0 Å². The minimum absolute atomic E-state index is 0.0263. The van der Waals surface area contributed by atoms with E-state index in [9.17, 15) is 25.2 Å². The zero-order valence-corrected chi connectivity index (χ0v) is 10.3. The number of hydrogen-bond donors (Lipinski definition) is 4. The summed E-state index contributed by atoms with van der Waals surface area (Å²) in [5, 5.41) is 37.4. The summed E-state index contributed by atoms with van der Waals surface area (Å²) in [4.78, 5) is 11.8. The van der Waals surface area contributed by atoms with Crippen LogP contribution in [0.1, 0.15) is 15.9 Å². The maximum absolute atomic E-state index is 11.8. The molecule has 0 aliphatic heterocycles. The Balaban J connectivity index is 2.18. The van der Waals surface area contributed by atoms with Gasteiger partial charge in [-0.3, -0.25) is 0 Å². The van der Waals surface area contributed by atoms with Crippen LogP contribution in [0.3, 0.4) is 0 Å². The van der Waals surface area contributed by atoms with Gasteiger partial charge in [-0.1, -0.05) is 30.3 Å². The number of phenolic OH excluding ortho intramolecular Hbond substituents is 4. The highest BCUT2D eigenvalue weighted by Crippen LogP contribution is 2.43. The fourth-order valence-electron chi connectivity index (χ4n) is 1.59. The summed E-state index contributed by atoms with van der Waals surface area (Å²) >= 11 is 0. The number of benzene rings is 2. The molecule has 6 nitrogen and oxygen atoms in total. The maximum Gasteiger partial charge on any atom is 0.342 e. The molecule has 0 aromatic heterocycles. The summed E-state index contributed by atoms with van der Waals surface area (Å²) in [6.07, 6.45) is 0. The van der Waals surface area contributed by atoms with Crippen LogP contribution in [-0.2, 0) is 11.3 Å². The highest BCUT2D eigenvalue weighted by Gasteiger charge is 2.22. The molecule has 0 spiro atoms. The monoisotopic (exact) mass is 276 g/mol. The van der Waals surface area contributed by atoms with E-state index in [1.54, 1.807) is 24.3 Å². The predicted octanol–water partition coefficient (Wildman–Crippen LogP) is 1.87. The third-order valence-corrected chi connectivity index (χ3v) is 2.66. The molecule has 2 aromatic rings. The van der Waals surface area contributed by atoms with Gasteiger partial charge in [0.2, 0.25) is 11.5 Å². The number of ether oxygens (including phenoxy) is 1. The van der Waals surface area contributed by atoms with Gasteiger partial charge in [0.25, 0.3) is 0 Å². The molecule has 4 N–H and O–H groups in total. The third kappa shape index (κ3) is 2.59. The summed E-state index contributed by atoms with van der Waals surface area (Å²) in [6, 6.07) is 9.68. The molecule has 0 heterocycles. The molecule has 0 radical (unpaired) electrons. The average molecular weight is 276 g/mol. The van der Waals surface area contributed by atoms with Crippen LogP contribution in [0.5, 0.6) is 23.0 Å². The van der Waals surface area contributed by atoms with Gasteiger partial charge in [0.1, 0.15) is 12.2 Å². The van der Waals surface area contributed by atoms with Gasteiger partial charge in [-0.25, -0.2) is 4.79 Å². The predicted molar refractivity (Wildman–Crippen MR) is 68.7 cm³/mol. The van der Waals surface area contributed by atoms with Crippen LogP contribution in [0.4, 0.5) is 0 Å². The topological polar surface area (TPSA) is 107 Å². The normalized spacial score (nSPS) is 10.2. The largest absolute Gasteiger partial charge is 0.504 e. The van der Waals surface area contributed by atoms with Crippen LogP contribution in [-0.4, -0.2) is 26.4 Å². The molecule has 0 aliphatic rings. The Labute approximate surface area is 114 Å². The van der Waals surface area contributed by atoms with Crippen LogP contribution in [0.25, 0.3) is 0 Å². The fourth-order valence-corrected chi connectivity index (χ4v) is 1.59. The van der Waals surface area contributed by atoms with E-state index >= 15 is 0 Å². The molecular weight excluding hydrogens is 264 g/mol. The lowest BCUT2D eigenvalue weighted by atomic mass is 10.1. The molecular formula is C14H12O6. The van der Waals surface area contributed by atoms with Crippen molar-refractivity contribution in [3.8, 4) is 23.0 Å². The van der Waals surface area contributed by atoms with Gasteiger partial charge in [-0.2, -0.15) is 0 Å². The number of rotatable bonds is 3. The van der Waals surface area contributed by atoms with E-state index in [0.717, 1.165) is 11.6 Å². The molecule has 2 aromatic carbocycles. The number of aromatic hydroxyl groups is 4. The fraction of sp³-hybridized carbons (Fsp3) is 0.0714. The maximum atomic E-state index is 11.8. The minimum atomic E-state index is -0.975. The van der Waals surface area contributed by atoms with Crippen molar-refractivity contribution in [2.24, 2.45) is 0 Å². The van der Waals surface area contributed by atoms with Crippen molar-refractivity contribution >= 4 is 5.97 Å². The van der Waals surface area contributed by atoms with E-state index < -0.39 is 34.5 Å². The van der Waals surface area contributed by atoms with Crippen LogP contribution >= 0.6 is 0 Å². The first-order valence-corrected chi connectivity index (χ1v) is 5.68. The lowest BCUT2D eigenvalue weighted by Crippen LogP contribution is -2.05. The van der Waals surface area contributed by atoms with Crippen molar-refractivity contribution in [3.63, 3.8) is 0 Å². The quantitative estimate of drug-likeness (QED) is 0.387. The Morgan fingerprint density at radius 2 is 1.60 bits per heavy atom. The Bertz CT molecular complexity index is 636. The highest BCUT2D eigenvalue weighted by molar-refractivity contribution is 5.94. The molecule has 0 atom stereocenters. The van der Waals surface area contributed by atoms with E-state index in [2.05, 4.69) is 0 Å². The van der Waals surface area contributed by atoms with Gasteiger partial charge in [0.15, 0.2) is 11.5 Å².